The topological polar surface area (TPSA) is 29.1 Å². The van der Waals surface area contributed by atoms with E-state index < -0.39 is 0 Å². The van der Waals surface area contributed by atoms with E-state index in [9.17, 15) is 4.79 Å². The first-order valence-electron chi connectivity index (χ1n) is 7.53. The largest absolute Gasteiger partial charge is 0.356 e. The molecule has 0 aromatic heterocycles. The van der Waals surface area contributed by atoms with Gasteiger partial charge in [-0.05, 0) is 19.3 Å². The molecule has 0 heterocycles. The summed E-state index contributed by atoms with van der Waals surface area (Å²) in [5.41, 5.74) is 0. The molecule has 0 aliphatic rings. The van der Waals surface area contributed by atoms with E-state index in [0.29, 0.717) is 5.91 Å². The summed E-state index contributed by atoms with van der Waals surface area (Å²) >= 11 is 0. The summed E-state index contributed by atoms with van der Waals surface area (Å²) in [6.45, 7) is 7.43. The molecule has 0 atom stereocenters. The highest BCUT2D eigenvalue weighted by Crippen LogP contribution is 2.16. The van der Waals surface area contributed by atoms with E-state index in [1.165, 1.54) is 38.5 Å². The van der Waals surface area contributed by atoms with Crippen LogP contribution in [0.1, 0.15) is 78.6 Å². The van der Waals surface area contributed by atoms with Gasteiger partial charge in [-0.15, -0.1) is 0 Å². The maximum absolute atomic E-state index is 12.0. The smallest absolute Gasteiger partial charge is 0.223 e. The van der Waals surface area contributed by atoms with Crippen LogP contribution in [0.25, 0.3) is 0 Å². The Kier molecular flexibility index (Phi) is 11.6. The lowest BCUT2D eigenvalue weighted by atomic mass is 9.95. The Balaban J connectivity index is 3.85. The number of hydrogen-bond donors (Lipinski definition) is 1. The predicted octanol–water partition coefficient (Wildman–Crippen LogP) is 4.29. The van der Waals surface area contributed by atoms with Crippen LogP contribution in [0, 0.1) is 5.92 Å². The Morgan fingerprint density at radius 2 is 1.41 bits per heavy atom. The van der Waals surface area contributed by atoms with E-state index in [1.54, 1.807) is 0 Å². The van der Waals surface area contributed by atoms with Gasteiger partial charge in [0, 0.05) is 12.5 Å². The van der Waals surface area contributed by atoms with Crippen LogP contribution < -0.4 is 5.32 Å². The number of amides is 1. The minimum Gasteiger partial charge on any atom is -0.356 e. The number of unbranched alkanes of at least 4 members (excludes halogenated alkanes) is 4. The van der Waals surface area contributed by atoms with Crippen molar-refractivity contribution in [3.05, 3.63) is 0 Å². The average molecular weight is 241 g/mol. The molecule has 17 heavy (non-hydrogen) atoms. The highest BCUT2D eigenvalue weighted by molar-refractivity contribution is 5.78. The molecule has 2 heteroatoms. The van der Waals surface area contributed by atoms with Crippen LogP contribution in [0.4, 0.5) is 0 Å². The fourth-order valence-corrected chi connectivity index (χ4v) is 2.04. The molecule has 0 spiro atoms. The second kappa shape index (κ2) is 11.9. The Hall–Kier alpha value is -0.530. The third-order valence-electron chi connectivity index (χ3n) is 3.26. The van der Waals surface area contributed by atoms with E-state index in [2.05, 4.69) is 26.1 Å². The summed E-state index contributed by atoms with van der Waals surface area (Å²) < 4.78 is 0. The maximum Gasteiger partial charge on any atom is 0.223 e. The van der Waals surface area contributed by atoms with Gasteiger partial charge in [0.2, 0.25) is 5.91 Å². The molecule has 1 N–H and O–H groups in total. The monoisotopic (exact) mass is 241 g/mol. The lowest BCUT2D eigenvalue weighted by Crippen LogP contribution is -2.31. The zero-order chi connectivity index (χ0) is 12.9. The van der Waals surface area contributed by atoms with E-state index in [0.717, 1.165) is 25.8 Å². The number of nitrogens with one attached hydrogen (secondary N) is 1. The normalized spacial score (nSPS) is 10.8. The molecule has 0 bridgehead atoms. The molecule has 0 aromatic rings. The van der Waals surface area contributed by atoms with Gasteiger partial charge in [0.1, 0.15) is 0 Å². The van der Waals surface area contributed by atoms with Crippen LogP contribution in [-0.2, 0) is 4.79 Å². The van der Waals surface area contributed by atoms with Gasteiger partial charge in [0.15, 0.2) is 0 Å². The third-order valence-corrected chi connectivity index (χ3v) is 3.26. The molecule has 102 valence electrons. The molecular formula is C15H31NO. The highest BCUT2D eigenvalue weighted by atomic mass is 16.1. The lowest BCUT2D eigenvalue weighted by Gasteiger charge is -2.16. The summed E-state index contributed by atoms with van der Waals surface area (Å²) in [5.74, 6) is 0.555. The molecule has 0 radical (unpaired) electrons. The molecule has 0 aliphatic carbocycles. The minimum absolute atomic E-state index is 0.261. The molecule has 0 aliphatic heterocycles. The van der Waals surface area contributed by atoms with Crippen LogP contribution in [0.2, 0.25) is 0 Å². The predicted molar refractivity (Wildman–Crippen MR) is 75.1 cm³/mol. The standard InChI is InChI=1S/C15H31NO/c1-4-7-10-13-16-15(17)14(11-8-5-2)12-9-6-3/h14H,4-13H2,1-3H3,(H,16,17). The second-order valence-corrected chi connectivity index (χ2v) is 4.98. The maximum atomic E-state index is 12.0. The van der Waals surface area contributed by atoms with Gasteiger partial charge in [-0.3, -0.25) is 4.79 Å². The zero-order valence-electron chi connectivity index (χ0n) is 12.1. The van der Waals surface area contributed by atoms with Crippen molar-refractivity contribution in [2.75, 3.05) is 6.54 Å². The molecular weight excluding hydrogens is 210 g/mol. The van der Waals surface area contributed by atoms with Crippen molar-refractivity contribution in [3.8, 4) is 0 Å². The van der Waals surface area contributed by atoms with Crippen molar-refractivity contribution < 1.29 is 4.79 Å². The minimum atomic E-state index is 0.261. The Morgan fingerprint density at radius 1 is 0.882 bits per heavy atom. The van der Waals surface area contributed by atoms with Gasteiger partial charge < -0.3 is 5.32 Å². The van der Waals surface area contributed by atoms with Gasteiger partial charge in [0.05, 0.1) is 0 Å². The van der Waals surface area contributed by atoms with Crippen LogP contribution >= 0.6 is 0 Å². The van der Waals surface area contributed by atoms with Gasteiger partial charge in [-0.25, -0.2) is 0 Å². The molecule has 0 rings (SSSR count). The molecule has 0 saturated heterocycles. The third kappa shape index (κ3) is 9.20. The van der Waals surface area contributed by atoms with E-state index in [-0.39, 0.29) is 5.92 Å². The summed E-state index contributed by atoms with van der Waals surface area (Å²) in [5, 5.41) is 3.10. The van der Waals surface area contributed by atoms with Crippen molar-refractivity contribution in [2.45, 2.75) is 78.6 Å². The molecule has 1 amide bonds. The fraction of sp³-hybridized carbons (Fsp3) is 0.933. The summed E-state index contributed by atoms with van der Waals surface area (Å²) in [6, 6.07) is 0. The number of carbonyl (C=O) groups excluding carboxylic acids is 1. The highest BCUT2D eigenvalue weighted by Gasteiger charge is 2.16. The van der Waals surface area contributed by atoms with Crippen molar-refractivity contribution in [1.29, 1.82) is 0 Å². The van der Waals surface area contributed by atoms with Gasteiger partial charge in [0.25, 0.3) is 0 Å². The van der Waals surface area contributed by atoms with Gasteiger partial charge in [-0.2, -0.15) is 0 Å². The number of hydrogen-bond acceptors (Lipinski definition) is 1. The Morgan fingerprint density at radius 3 is 1.88 bits per heavy atom. The summed E-state index contributed by atoms with van der Waals surface area (Å²) in [4.78, 5) is 12.0. The number of rotatable bonds is 11. The molecule has 0 unspecified atom stereocenters. The van der Waals surface area contributed by atoms with Gasteiger partial charge in [-0.1, -0.05) is 59.3 Å². The van der Waals surface area contributed by atoms with E-state index in [4.69, 9.17) is 0 Å². The van der Waals surface area contributed by atoms with Gasteiger partial charge >= 0.3 is 0 Å². The molecule has 2 nitrogen and oxygen atoms in total. The molecule has 0 fully saturated rings. The molecule has 0 saturated carbocycles. The van der Waals surface area contributed by atoms with E-state index >= 15 is 0 Å². The SMILES string of the molecule is CCCCCNC(=O)C(CCCC)CCCC. The molecule has 0 aromatic carbocycles. The fourth-order valence-electron chi connectivity index (χ4n) is 2.04. The number of carbonyl (C=O) groups is 1. The zero-order valence-corrected chi connectivity index (χ0v) is 12.1. The quantitative estimate of drug-likeness (QED) is 0.537. The van der Waals surface area contributed by atoms with Crippen LogP contribution in [-0.4, -0.2) is 12.5 Å². The van der Waals surface area contributed by atoms with Crippen molar-refractivity contribution in [2.24, 2.45) is 5.92 Å². The lowest BCUT2D eigenvalue weighted by molar-refractivity contribution is -0.125. The second-order valence-electron chi connectivity index (χ2n) is 4.98. The van der Waals surface area contributed by atoms with Crippen molar-refractivity contribution in [3.63, 3.8) is 0 Å². The first-order valence-corrected chi connectivity index (χ1v) is 7.53. The Labute approximate surface area is 108 Å². The Bertz CT molecular complexity index is 172. The average Bonchev–Trinajstić information content (AvgIpc) is 2.34. The van der Waals surface area contributed by atoms with Crippen LogP contribution in [0.15, 0.2) is 0 Å². The van der Waals surface area contributed by atoms with Crippen molar-refractivity contribution >= 4 is 5.91 Å². The van der Waals surface area contributed by atoms with Crippen LogP contribution in [0.5, 0.6) is 0 Å². The van der Waals surface area contributed by atoms with Crippen molar-refractivity contribution in [1.82, 2.24) is 5.32 Å². The van der Waals surface area contributed by atoms with Crippen LogP contribution in [0.3, 0.4) is 0 Å². The summed E-state index contributed by atoms with van der Waals surface area (Å²) in [6.07, 6.45) is 10.4. The summed E-state index contributed by atoms with van der Waals surface area (Å²) in [7, 11) is 0. The first-order chi connectivity index (χ1) is 8.26. The van der Waals surface area contributed by atoms with E-state index in [1.807, 2.05) is 0 Å². The first kappa shape index (κ1) is 16.5.